The molecule has 0 atom stereocenters. The van der Waals surface area contributed by atoms with Crippen LogP contribution in [0.1, 0.15) is 5.69 Å². The number of nitrogens with one attached hydrogen (secondary N) is 1. The van der Waals surface area contributed by atoms with Gasteiger partial charge in [-0.15, -0.1) is 0 Å². The summed E-state index contributed by atoms with van der Waals surface area (Å²) in [4.78, 5) is 4.25. The normalized spacial score (nSPS) is 10.0. The van der Waals surface area contributed by atoms with Gasteiger partial charge in [0, 0.05) is 6.20 Å². The summed E-state index contributed by atoms with van der Waals surface area (Å²) < 4.78 is 26.3. The number of rotatable bonds is 2. The van der Waals surface area contributed by atoms with Gasteiger partial charge in [0.05, 0.1) is 11.4 Å². The number of pyridine rings is 1. The predicted octanol–water partition coefficient (Wildman–Crippen LogP) is 3.15. The molecule has 86 valence electrons. The summed E-state index contributed by atoms with van der Waals surface area (Å²) >= 11 is 5.04. The number of anilines is 1. The molecule has 2 nitrogen and oxygen atoms in total. The van der Waals surface area contributed by atoms with Gasteiger partial charge in [-0.1, -0.05) is 24.4 Å². The number of benzene rings is 1. The second-order valence-electron chi connectivity index (χ2n) is 3.27. The van der Waals surface area contributed by atoms with Gasteiger partial charge in [0.1, 0.15) is 4.99 Å². The molecule has 0 bridgehead atoms. The first-order valence-electron chi connectivity index (χ1n) is 4.85. The third-order valence-electron chi connectivity index (χ3n) is 2.10. The van der Waals surface area contributed by atoms with Crippen LogP contribution in [-0.2, 0) is 0 Å². The van der Waals surface area contributed by atoms with Crippen molar-refractivity contribution in [1.82, 2.24) is 4.98 Å². The highest BCUT2D eigenvalue weighted by Gasteiger charge is 2.09. The van der Waals surface area contributed by atoms with Crippen molar-refractivity contribution in [2.45, 2.75) is 0 Å². The molecule has 0 radical (unpaired) electrons. The molecule has 0 aliphatic carbocycles. The van der Waals surface area contributed by atoms with E-state index in [4.69, 9.17) is 12.2 Å². The molecule has 1 aromatic carbocycles. The van der Waals surface area contributed by atoms with Crippen LogP contribution >= 0.6 is 12.2 Å². The molecular formula is C12H8F2N2S. The van der Waals surface area contributed by atoms with Crippen LogP contribution in [0.3, 0.4) is 0 Å². The molecule has 0 saturated carbocycles. The number of halogens is 2. The van der Waals surface area contributed by atoms with Crippen LogP contribution in [-0.4, -0.2) is 9.97 Å². The Morgan fingerprint density at radius 2 is 1.94 bits per heavy atom. The molecule has 0 fully saturated rings. The third-order valence-corrected chi connectivity index (χ3v) is 2.41. The molecule has 0 saturated heterocycles. The number of hydrogen-bond donors (Lipinski definition) is 1. The maximum Gasteiger partial charge on any atom is 0.182 e. The van der Waals surface area contributed by atoms with E-state index in [1.165, 1.54) is 12.1 Å². The predicted molar refractivity (Wildman–Crippen MR) is 65.9 cm³/mol. The Morgan fingerprint density at radius 3 is 2.65 bits per heavy atom. The minimum absolute atomic E-state index is 0.000605. The lowest BCUT2D eigenvalue weighted by molar-refractivity contribution is 0.512. The first kappa shape index (κ1) is 11.6. The van der Waals surface area contributed by atoms with Crippen molar-refractivity contribution in [3.63, 3.8) is 0 Å². The smallest absolute Gasteiger partial charge is 0.182 e. The Kier molecular flexibility index (Phi) is 3.39. The zero-order valence-corrected chi connectivity index (χ0v) is 9.47. The van der Waals surface area contributed by atoms with Gasteiger partial charge in [0.25, 0.3) is 0 Å². The van der Waals surface area contributed by atoms with Crippen molar-refractivity contribution in [2.24, 2.45) is 0 Å². The lowest BCUT2D eigenvalue weighted by atomic mass is 10.2. The molecule has 0 aliphatic heterocycles. The minimum atomic E-state index is -0.953. The van der Waals surface area contributed by atoms with Crippen molar-refractivity contribution in [1.29, 1.82) is 0 Å². The standard InChI is InChI=1S/C12H8F2N2S/c13-8-4-3-6-9(11(8)14)16-12(17)10-5-1-2-7-15-10/h1-7H,(H,16,17). The van der Waals surface area contributed by atoms with Crippen LogP contribution in [0.25, 0.3) is 0 Å². The summed E-state index contributed by atoms with van der Waals surface area (Å²) in [5.74, 6) is -1.87. The van der Waals surface area contributed by atoms with Crippen molar-refractivity contribution in [3.8, 4) is 0 Å². The summed E-state index contributed by atoms with van der Waals surface area (Å²) in [6.45, 7) is 0. The first-order valence-corrected chi connectivity index (χ1v) is 5.25. The molecule has 2 aromatic rings. The number of aromatic nitrogens is 1. The average Bonchev–Trinajstić information content (AvgIpc) is 2.36. The fourth-order valence-electron chi connectivity index (χ4n) is 1.28. The van der Waals surface area contributed by atoms with Gasteiger partial charge in [0.15, 0.2) is 11.6 Å². The molecule has 0 unspecified atom stereocenters. The molecule has 1 N–H and O–H groups in total. The molecule has 1 heterocycles. The Bertz CT molecular complexity index is 543. The van der Waals surface area contributed by atoms with E-state index in [0.29, 0.717) is 5.69 Å². The van der Waals surface area contributed by atoms with Crippen molar-refractivity contribution in [3.05, 3.63) is 59.9 Å². The van der Waals surface area contributed by atoms with Gasteiger partial charge in [-0.05, 0) is 24.3 Å². The highest BCUT2D eigenvalue weighted by Crippen LogP contribution is 2.17. The number of nitrogens with zero attached hydrogens (tertiary/aromatic N) is 1. The van der Waals surface area contributed by atoms with Crippen LogP contribution in [0.4, 0.5) is 14.5 Å². The van der Waals surface area contributed by atoms with E-state index in [2.05, 4.69) is 10.3 Å². The molecule has 0 spiro atoms. The highest BCUT2D eigenvalue weighted by atomic mass is 32.1. The van der Waals surface area contributed by atoms with Crippen LogP contribution in [0, 0.1) is 11.6 Å². The Balaban J connectivity index is 2.22. The molecule has 17 heavy (non-hydrogen) atoms. The van der Waals surface area contributed by atoms with E-state index in [1.54, 1.807) is 24.4 Å². The minimum Gasteiger partial charge on any atom is -0.342 e. The van der Waals surface area contributed by atoms with Crippen molar-refractivity contribution >= 4 is 22.9 Å². The van der Waals surface area contributed by atoms with E-state index in [0.717, 1.165) is 6.07 Å². The zero-order chi connectivity index (χ0) is 12.3. The summed E-state index contributed by atoms with van der Waals surface area (Å²) in [5.41, 5.74) is 0.506. The molecule has 1 aromatic heterocycles. The summed E-state index contributed by atoms with van der Waals surface area (Å²) in [5, 5.41) is 2.62. The van der Waals surface area contributed by atoms with Crippen LogP contribution in [0.5, 0.6) is 0 Å². The largest absolute Gasteiger partial charge is 0.342 e. The van der Waals surface area contributed by atoms with Gasteiger partial charge in [-0.25, -0.2) is 8.78 Å². The van der Waals surface area contributed by atoms with Gasteiger partial charge in [-0.2, -0.15) is 0 Å². The monoisotopic (exact) mass is 250 g/mol. The van der Waals surface area contributed by atoms with E-state index in [-0.39, 0.29) is 10.7 Å². The van der Waals surface area contributed by atoms with Crippen LogP contribution < -0.4 is 5.32 Å². The highest BCUT2D eigenvalue weighted by molar-refractivity contribution is 7.81. The van der Waals surface area contributed by atoms with Crippen molar-refractivity contribution in [2.75, 3.05) is 5.32 Å². The van der Waals surface area contributed by atoms with Gasteiger partial charge >= 0.3 is 0 Å². The number of thiocarbonyl (C=S) groups is 1. The van der Waals surface area contributed by atoms with Gasteiger partial charge < -0.3 is 5.32 Å². The first-order chi connectivity index (χ1) is 8.18. The summed E-state index contributed by atoms with van der Waals surface area (Å²) in [7, 11) is 0. The van der Waals surface area contributed by atoms with Crippen LogP contribution in [0.2, 0.25) is 0 Å². The molecule has 0 amide bonds. The summed E-state index contributed by atoms with van der Waals surface area (Å²) in [6, 6.07) is 9.05. The zero-order valence-electron chi connectivity index (χ0n) is 8.65. The number of hydrogen-bond acceptors (Lipinski definition) is 2. The topological polar surface area (TPSA) is 24.9 Å². The van der Waals surface area contributed by atoms with Gasteiger partial charge in [0.2, 0.25) is 0 Å². The van der Waals surface area contributed by atoms with E-state index in [1.807, 2.05) is 0 Å². The molecule has 0 aliphatic rings. The third kappa shape index (κ3) is 2.62. The maximum absolute atomic E-state index is 13.4. The maximum atomic E-state index is 13.4. The Labute approximate surface area is 102 Å². The van der Waals surface area contributed by atoms with Crippen molar-refractivity contribution < 1.29 is 8.78 Å². The molecule has 5 heteroatoms. The van der Waals surface area contributed by atoms with E-state index < -0.39 is 11.6 Å². The average molecular weight is 250 g/mol. The summed E-state index contributed by atoms with van der Waals surface area (Å²) in [6.07, 6.45) is 1.57. The van der Waals surface area contributed by atoms with E-state index in [9.17, 15) is 8.78 Å². The second kappa shape index (κ2) is 4.97. The van der Waals surface area contributed by atoms with Crippen LogP contribution in [0.15, 0.2) is 42.6 Å². The lowest BCUT2D eigenvalue weighted by Crippen LogP contribution is -2.13. The molecule has 2 rings (SSSR count). The van der Waals surface area contributed by atoms with Gasteiger partial charge in [-0.3, -0.25) is 4.98 Å². The fraction of sp³-hybridized carbons (Fsp3) is 0. The Hall–Kier alpha value is -1.88. The SMILES string of the molecule is Fc1cccc(NC(=S)c2ccccn2)c1F. The Morgan fingerprint density at radius 1 is 1.12 bits per heavy atom. The fourth-order valence-corrected chi connectivity index (χ4v) is 1.51. The molecular weight excluding hydrogens is 242 g/mol. The van der Waals surface area contributed by atoms with E-state index >= 15 is 0 Å². The lowest BCUT2D eigenvalue weighted by Gasteiger charge is -2.08. The quantitative estimate of drug-likeness (QED) is 0.829. The second-order valence-corrected chi connectivity index (χ2v) is 3.68.